The van der Waals surface area contributed by atoms with Crippen LogP contribution in [0.5, 0.6) is 0 Å². The molecule has 0 saturated heterocycles. The van der Waals surface area contributed by atoms with Crippen molar-refractivity contribution in [2.75, 3.05) is 0 Å². The molecule has 2 aromatic rings. The lowest BCUT2D eigenvalue weighted by atomic mass is 10.1. The molecule has 0 radical (unpaired) electrons. The Morgan fingerprint density at radius 3 is 2.52 bits per heavy atom. The predicted molar refractivity (Wildman–Crippen MR) is 94.5 cm³/mol. The van der Waals surface area contributed by atoms with Crippen LogP contribution in [-0.4, -0.2) is 17.9 Å². The quantitative estimate of drug-likeness (QED) is 0.411. The maximum Gasteiger partial charge on any atom is 0.331 e. The molecule has 0 fully saturated rings. The third kappa shape index (κ3) is 5.34. The first-order valence-corrected chi connectivity index (χ1v) is 8.07. The molecule has 0 aromatic heterocycles. The largest absolute Gasteiger partial charge is 0.451 e. The highest BCUT2D eigenvalue weighted by Crippen LogP contribution is 2.14. The molecule has 2 rings (SSSR count). The smallest absolute Gasteiger partial charge is 0.331 e. The average Bonchev–Trinajstić information content (AvgIpc) is 2.53. The minimum absolute atomic E-state index is 0.248. The zero-order valence-electron chi connectivity index (χ0n) is 12.3. The van der Waals surface area contributed by atoms with E-state index in [1.807, 2.05) is 6.07 Å². The predicted octanol–water partition coefficient (Wildman–Crippen LogP) is 4.93. The summed E-state index contributed by atoms with van der Waals surface area (Å²) in [5.41, 5.74) is 1.27. The highest BCUT2D eigenvalue weighted by Gasteiger charge is 2.18. The van der Waals surface area contributed by atoms with Gasteiger partial charge < -0.3 is 4.74 Å². The lowest BCUT2D eigenvalue weighted by Crippen LogP contribution is -2.23. The van der Waals surface area contributed by atoms with E-state index in [2.05, 4.69) is 15.9 Å². The first kappa shape index (κ1) is 17.4. The number of carbonyl (C=O) groups excluding carboxylic acids is 2. The molecule has 118 valence electrons. The average molecular weight is 394 g/mol. The van der Waals surface area contributed by atoms with Gasteiger partial charge in [0.15, 0.2) is 6.10 Å². The molecule has 0 spiro atoms. The molecule has 23 heavy (non-hydrogen) atoms. The molecule has 1 atom stereocenters. The summed E-state index contributed by atoms with van der Waals surface area (Å²) in [6.07, 6.45) is 2.01. The Hall–Kier alpha value is -1.91. The van der Waals surface area contributed by atoms with E-state index in [4.69, 9.17) is 16.3 Å². The van der Waals surface area contributed by atoms with Crippen LogP contribution in [0.15, 0.2) is 59.1 Å². The van der Waals surface area contributed by atoms with Crippen LogP contribution in [0.2, 0.25) is 5.02 Å². The van der Waals surface area contributed by atoms with Gasteiger partial charge in [-0.05, 0) is 42.8 Å². The van der Waals surface area contributed by atoms with Gasteiger partial charge in [-0.2, -0.15) is 0 Å². The van der Waals surface area contributed by atoms with Gasteiger partial charge in [-0.3, -0.25) is 4.79 Å². The molecule has 0 unspecified atom stereocenters. The Morgan fingerprint density at radius 2 is 1.87 bits per heavy atom. The van der Waals surface area contributed by atoms with Gasteiger partial charge in [0.1, 0.15) is 0 Å². The number of rotatable bonds is 5. The molecule has 0 heterocycles. The molecular formula is C18H14BrClO3. The molecule has 0 N–H and O–H groups in total. The fraction of sp³-hybridized carbons (Fsp3) is 0.111. The topological polar surface area (TPSA) is 43.4 Å². The van der Waals surface area contributed by atoms with Crippen molar-refractivity contribution in [1.29, 1.82) is 0 Å². The first-order valence-electron chi connectivity index (χ1n) is 6.90. The van der Waals surface area contributed by atoms with Crippen molar-refractivity contribution in [3.8, 4) is 0 Å². The lowest BCUT2D eigenvalue weighted by molar-refractivity contribution is -0.140. The molecule has 5 heteroatoms. The molecule has 0 amide bonds. The maximum absolute atomic E-state index is 12.2. The molecular weight excluding hydrogens is 380 g/mol. The van der Waals surface area contributed by atoms with Crippen LogP contribution in [0.4, 0.5) is 0 Å². The lowest BCUT2D eigenvalue weighted by Gasteiger charge is -2.10. The van der Waals surface area contributed by atoms with E-state index in [0.29, 0.717) is 10.6 Å². The van der Waals surface area contributed by atoms with Gasteiger partial charge in [0, 0.05) is 21.1 Å². The van der Waals surface area contributed by atoms with Crippen LogP contribution in [0.25, 0.3) is 6.08 Å². The van der Waals surface area contributed by atoms with E-state index >= 15 is 0 Å². The fourth-order valence-corrected chi connectivity index (χ4v) is 2.35. The summed E-state index contributed by atoms with van der Waals surface area (Å²) in [7, 11) is 0. The SMILES string of the molecule is C[C@H](OC(=O)/C=C/c1cccc(Cl)c1)C(=O)c1ccc(Br)cc1. The number of benzene rings is 2. The summed E-state index contributed by atoms with van der Waals surface area (Å²) < 4.78 is 6.01. The van der Waals surface area contributed by atoms with Crippen LogP contribution in [0.1, 0.15) is 22.8 Å². The molecule has 0 aliphatic carbocycles. The fourth-order valence-electron chi connectivity index (χ4n) is 1.89. The number of carbonyl (C=O) groups is 2. The molecule has 0 aliphatic rings. The normalized spacial score (nSPS) is 12.1. The van der Waals surface area contributed by atoms with Crippen LogP contribution >= 0.6 is 27.5 Å². The Labute approximate surface area is 148 Å². The van der Waals surface area contributed by atoms with Gasteiger partial charge >= 0.3 is 5.97 Å². The highest BCUT2D eigenvalue weighted by atomic mass is 79.9. The molecule has 0 saturated carbocycles. The minimum atomic E-state index is -0.854. The van der Waals surface area contributed by atoms with E-state index in [0.717, 1.165) is 10.0 Å². The number of hydrogen-bond donors (Lipinski definition) is 0. The number of ether oxygens (including phenoxy) is 1. The van der Waals surface area contributed by atoms with E-state index in [9.17, 15) is 9.59 Å². The summed E-state index contributed by atoms with van der Waals surface area (Å²) >= 11 is 9.17. The Kier molecular flexibility index (Phi) is 6.13. The molecule has 0 aliphatic heterocycles. The van der Waals surface area contributed by atoms with E-state index in [-0.39, 0.29) is 5.78 Å². The van der Waals surface area contributed by atoms with E-state index < -0.39 is 12.1 Å². The van der Waals surface area contributed by atoms with Crippen LogP contribution in [0.3, 0.4) is 0 Å². The van der Waals surface area contributed by atoms with Crippen molar-refractivity contribution in [2.24, 2.45) is 0 Å². The van der Waals surface area contributed by atoms with Gasteiger partial charge in [0.05, 0.1) is 0 Å². The number of esters is 1. The summed E-state index contributed by atoms with van der Waals surface area (Å²) in [6, 6.07) is 14.0. The van der Waals surface area contributed by atoms with E-state index in [1.165, 1.54) is 6.08 Å². The second-order valence-electron chi connectivity index (χ2n) is 4.84. The van der Waals surface area contributed by atoms with Crippen molar-refractivity contribution in [3.63, 3.8) is 0 Å². The molecule has 0 bridgehead atoms. The molecule has 3 nitrogen and oxygen atoms in total. The van der Waals surface area contributed by atoms with Crippen molar-refractivity contribution in [2.45, 2.75) is 13.0 Å². The number of ketones is 1. The van der Waals surface area contributed by atoms with Crippen molar-refractivity contribution < 1.29 is 14.3 Å². The van der Waals surface area contributed by atoms with Gasteiger partial charge in [0.25, 0.3) is 0 Å². The van der Waals surface area contributed by atoms with Gasteiger partial charge in [0.2, 0.25) is 5.78 Å². The summed E-state index contributed by atoms with van der Waals surface area (Å²) in [5.74, 6) is -0.829. The first-order chi connectivity index (χ1) is 11.0. The Bertz CT molecular complexity index is 738. The maximum atomic E-state index is 12.2. The van der Waals surface area contributed by atoms with Crippen molar-refractivity contribution in [1.82, 2.24) is 0 Å². The summed E-state index contributed by atoms with van der Waals surface area (Å²) in [6.45, 7) is 1.55. The second-order valence-corrected chi connectivity index (χ2v) is 6.19. The zero-order valence-corrected chi connectivity index (χ0v) is 14.7. The summed E-state index contributed by atoms with van der Waals surface area (Å²) in [4.78, 5) is 24.0. The van der Waals surface area contributed by atoms with Crippen molar-refractivity contribution in [3.05, 3.63) is 75.2 Å². The van der Waals surface area contributed by atoms with E-state index in [1.54, 1.807) is 55.5 Å². The summed E-state index contributed by atoms with van der Waals surface area (Å²) in [5, 5.41) is 0.583. The van der Waals surface area contributed by atoms with Gasteiger partial charge in [-0.25, -0.2) is 4.79 Å². The zero-order chi connectivity index (χ0) is 16.8. The van der Waals surface area contributed by atoms with Gasteiger partial charge in [-0.15, -0.1) is 0 Å². The van der Waals surface area contributed by atoms with Gasteiger partial charge in [-0.1, -0.05) is 51.8 Å². The number of halogens is 2. The Morgan fingerprint density at radius 1 is 1.17 bits per heavy atom. The van der Waals surface area contributed by atoms with Crippen LogP contribution in [0, 0.1) is 0 Å². The second kappa shape index (κ2) is 8.09. The molecule has 2 aromatic carbocycles. The third-order valence-corrected chi connectivity index (χ3v) is 3.82. The minimum Gasteiger partial charge on any atom is -0.451 e. The monoisotopic (exact) mass is 392 g/mol. The highest BCUT2D eigenvalue weighted by molar-refractivity contribution is 9.10. The van der Waals surface area contributed by atoms with Crippen LogP contribution in [-0.2, 0) is 9.53 Å². The Balaban J connectivity index is 1.96. The number of Topliss-reactive ketones (excluding diaryl/α,β-unsaturated/α-hetero) is 1. The van der Waals surface area contributed by atoms with Crippen molar-refractivity contribution >= 4 is 45.4 Å². The third-order valence-electron chi connectivity index (χ3n) is 3.05. The van der Waals surface area contributed by atoms with Crippen LogP contribution < -0.4 is 0 Å². The standard InChI is InChI=1S/C18H14BrClO3/c1-12(18(22)14-6-8-15(19)9-7-14)23-17(21)10-5-13-3-2-4-16(20)11-13/h2-12H,1H3/b10-5+/t12-/m0/s1. The number of hydrogen-bond acceptors (Lipinski definition) is 3.